The molecule has 2 aromatic rings. The highest BCUT2D eigenvalue weighted by Gasteiger charge is 2.15. The van der Waals surface area contributed by atoms with Gasteiger partial charge in [-0.05, 0) is 44.5 Å². The van der Waals surface area contributed by atoms with Crippen molar-refractivity contribution in [3.05, 3.63) is 36.0 Å². The van der Waals surface area contributed by atoms with Crippen LogP contribution in [0.25, 0.3) is 11.4 Å². The van der Waals surface area contributed by atoms with Crippen LogP contribution in [-0.2, 0) is 6.54 Å². The van der Waals surface area contributed by atoms with E-state index in [0.717, 1.165) is 12.1 Å². The van der Waals surface area contributed by atoms with Crippen LogP contribution in [-0.4, -0.2) is 39.3 Å². The third-order valence-corrected chi connectivity index (χ3v) is 3.24. The van der Waals surface area contributed by atoms with Crippen LogP contribution >= 0.6 is 0 Å². The fourth-order valence-corrected chi connectivity index (χ4v) is 2.00. The van der Waals surface area contributed by atoms with Crippen molar-refractivity contribution in [3.8, 4) is 11.4 Å². The van der Waals surface area contributed by atoms with Gasteiger partial charge in [0.05, 0.1) is 6.54 Å². The van der Waals surface area contributed by atoms with E-state index >= 15 is 0 Å². The monoisotopic (exact) mass is 293 g/mol. The molecule has 0 saturated carbocycles. The summed E-state index contributed by atoms with van der Waals surface area (Å²) in [6, 6.07) is 6.30. The Labute approximate surface area is 123 Å². The average molecular weight is 293 g/mol. The van der Waals surface area contributed by atoms with Crippen molar-refractivity contribution in [1.29, 1.82) is 0 Å². The molecule has 0 aliphatic rings. The lowest BCUT2D eigenvalue weighted by atomic mass is 10.2. The molecule has 0 fully saturated rings. The molecule has 0 spiro atoms. The van der Waals surface area contributed by atoms with Gasteiger partial charge in [-0.2, -0.15) is 4.98 Å². The van der Waals surface area contributed by atoms with Gasteiger partial charge in [0.1, 0.15) is 5.82 Å². The SMILES string of the molecule is CC(C)N(CCCO)Cc1nc(-c2ccc(F)cc2)no1. The summed E-state index contributed by atoms with van der Waals surface area (Å²) in [5.41, 5.74) is 0.720. The maximum absolute atomic E-state index is 12.9. The number of aliphatic hydroxyl groups is 1. The minimum absolute atomic E-state index is 0.161. The number of halogens is 1. The van der Waals surface area contributed by atoms with E-state index in [4.69, 9.17) is 9.63 Å². The molecule has 1 aromatic carbocycles. The minimum atomic E-state index is -0.294. The molecular formula is C15H20FN3O2. The van der Waals surface area contributed by atoms with E-state index in [1.165, 1.54) is 12.1 Å². The van der Waals surface area contributed by atoms with Crippen LogP contribution in [0.4, 0.5) is 4.39 Å². The lowest BCUT2D eigenvalue weighted by Crippen LogP contribution is -2.31. The molecule has 1 aromatic heterocycles. The van der Waals surface area contributed by atoms with Crippen LogP contribution in [0.5, 0.6) is 0 Å². The second-order valence-electron chi connectivity index (χ2n) is 5.16. The van der Waals surface area contributed by atoms with Crippen molar-refractivity contribution in [2.24, 2.45) is 0 Å². The molecule has 2 rings (SSSR count). The number of benzene rings is 1. The zero-order chi connectivity index (χ0) is 15.2. The molecular weight excluding hydrogens is 273 g/mol. The summed E-state index contributed by atoms with van der Waals surface area (Å²) in [6.07, 6.45) is 0.705. The fraction of sp³-hybridized carbons (Fsp3) is 0.467. The number of hydrogen-bond acceptors (Lipinski definition) is 5. The Bertz CT molecular complexity index is 554. The van der Waals surface area contributed by atoms with Gasteiger partial charge in [0.2, 0.25) is 11.7 Å². The van der Waals surface area contributed by atoms with E-state index in [-0.39, 0.29) is 12.4 Å². The number of aliphatic hydroxyl groups excluding tert-OH is 1. The second kappa shape index (κ2) is 7.28. The molecule has 0 atom stereocenters. The standard InChI is InChI=1S/C15H20FN3O2/c1-11(2)19(8-3-9-20)10-14-17-15(18-21-14)12-4-6-13(16)7-5-12/h4-7,11,20H,3,8-10H2,1-2H3. The summed E-state index contributed by atoms with van der Waals surface area (Å²) < 4.78 is 18.1. The molecule has 0 amide bonds. The van der Waals surface area contributed by atoms with Crippen LogP contribution in [0, 0.1) is 5.82 Å². The van der Waals surface area contributed by atoms with Crippen LogP contribution in [0.2, 0.25) is 0 Å². The number of aromatic nitrogens is 2. The van der Waals surface area contributed by atoms with Crippen molar-refractivity contribution in [2.45, 2.75) is 32.9 Å². The summed E-state index contributed by atoms with van der Waals surface area (Å²) in [7, 11) is 0. The molecule has 0 bridgehead atoms. The predicted octanol–water partition coefficient (Wildman–Crippen LogP) is 2.47. The smallest absolute Gasteiger partial charge is 0.241 e. The highest BCUT2D eigenvalue weighted by Crippen LogP contribution is 2.17. The van der Waals surface area contributed by atoms with Crippen molar-refractivity contribution in [3.63, 3.8) is 0 Å². The zero-order valence-electron chi connectivity index (χ0n) is 12.3. The Morgan fingerprint density at radius 2 is 2.00 bits per heavy atom. The first kappa shape index (κ1) is 15.6. The van der Waals surface area contributed by atoms with Gasteiger partial charge in [-0.3, -0.25) is 4.90 Å². The van der Waals surface area contributed by atoms with E-state index in [9.17, 15) is 4.39 Å². The summed E-state index contributed by atoms with van der Waals surface area (Å²) in [5, 5.41) is 12.9. The van der Waals surface area contributed by atoms with Crippen LogP contribution in [0.1, 0.15) is 26.2 Å². The Hall–Kier alpha value is -1.79. The number of rotatable bonds is 7. The molecule has 0 saturated heterocycles. The Morgan fingerprint density at radius 3 is 2.62 bits per heavy atom. The summed E-state index contributed by atoms with van der Waals surface area (Å²) in [5.74, 6) is 0.675. The van der Waals surface area contributed by atoms with E-state index in [2.05, 4.69) is 28.9 Å². The van der Waals surface area contributed by atoms with Crippen molar-refractivity contribution in [2.75, 3.05) is 13.2 Å². The Kier molecular flexibility index (Phi) is 5.41. The quantitative estimate of drug-likeness (QED) is 0.849. The molecule has 114 valence electrons. The molecule has 0 unspecified atom stereocenters. The van der Waals surface area contributed by atoms with Gasteiger partial charge < -0.3 is 9.63 Å². The number of hydrogen-bond donors (Lipinski definition) is 1. The number of nitrogens with zero attached hydrogens (tertiary/aromatic N) is 3. The molecule has 21 heavy (non-hydrogen) atoms. The highest BCUT2D eigenvalue weighted by atomic mass is 19.1. The predicted molar refractivity (Wildman–Crippen MR) is 76.9 cm³/mol. The van der Waals surface area contributed by atoms with Crippen molar-refractivity contribution < 1.29 is 14.0 Å². The molecule has 1 heterocycles. The largest absolute Gasteiger partial charge is 0.396 e. The Morgan fingerprint density at radius 1 is 1.29 bits per heavy atom. The second-order valence-corrected chi connectivity index (χ2v) is 5.16. The van der Waals surface area contributed by atoms with Gasteiger partial charge in [0.15, 0.2) is 0 Å². The lowest BCUT2D eigenvalue weighted by Gasteiger charge is -2.24. The molecule has 0 aliphatic heterocycles. The normalized spacial score (nSPS) is 11.5. The van der Waals surface area contributed by atoms with Gasteiger partial charge in [-0.25, -0.2) is 4.39 Å². The van der Waals surface area contributed by atoms with Crippen molar-refractivity contribution in [1.82, 2.24) is 15.0 Å². The first-order chi connectivity index (χ1) is 10.1. The topological polar surface area (TPSA) is 62.4 Å². The van der Waals surface area contributed by atoms with Gasteiger partial charge in [0.25, 0.3) is 0 Å². The van der Waals surface area contributed by atoms with Crippen LogP contribution in [0.15, 0.2) is 28.8 Å². The molecule has 0 aliphatic carbocycles. The zero-order valence-corrected chi connectivity index (χ0v) is 12.3. The molecule has 5 nitrogen and oxygen atoms in total. The minimum Gasteiger partial charge on any atom is -0.396 e. The maximum Gasteiger partial charge on any atom is 0.241 e. The van der Waals surface area contributed by atoms with Crippen LogP contribution < -0.4 is 0 Å². The summed E-state index contributed by atoms with van der Waals surface area (Å²) in [4.78, 5) is 6.49. The maximum atomic E-state index is 12.9. The van der Waals surface area contributed by atoms with Crippen molar-refractivity contribution >= 4 is 0 Å². The lowest BCUT2D eigenvalue weighted by molar-refractivity contribution is 0.165. The van der Waals surface area contributed by atoms with E-state index < -0.39 is 0 Å². The first-order valence-corrected chi connectivity index (χ1v) is 7.03. The van der Waals surface area contributed by atoms with Gasteiger partial charge in [-0.15, -0.1) is 0 Å². The molecule has 6 heteroatoms. The fourth-order valence-electron chi connectivity index (χ4n) is 2.00. The van der Waals surface area contributed by atoms with Gasteiger partial charge in [0, 0.05) is 24.8 Å². The average Bonchev–Trinajstić information content (AvgIpc) is 2.92. The third kappa shape index (κ3) is 4.34. The third-order valence-electron chi connectivity index (χ3n) is 3.24. The van der Waals surface area contributed by atoms with E-state index in [0.29, 0.717) is 30.7 Å². The van der Waals surface area contributed by atoms with E-state index in [1.807, 2.05) is 0 Å². The van der Waals surface area contributed by atoms with Gasteiger partial charge >= 0.3 is 0 Å². The highest BCUT2D eigenvalue weighted by molar-refractivity contribution is 5.53. The first-order valence-electron chi connectivity index (χ1n) is 7.03. The summed E-state index contributed by atoms with van der Waals surface area (Å²) in [6.45, 7) is 5.62. The summed E-state index contributed by atoms with van der Waals surface area (Å²) >= 11 is 0. The molecule has 0 radical (unpaired) electrons. The Balaban J connectivity index is 2.06. The van der Waals surface area contributed by atoms with Gasteiger partial charge in [-0.1, -0.05) is 5.16 Å². The molecule has 1 N–H and O–H groups in total. The van der Waals surface area contributed by atoms with Crippen LogP contribution in [0.3, 0.4) is 0 Å². The van der Waals surface area contributed by atoms with E-state index in [1.54, 1.807) is 12.1 Å².